The lowest BCUT2D eigenvalue weighted by atomic mass is 9.49. The Balaban J connectivity index is 0.000000148. The number of fused-ring (bicyclic) bond motifs is 2. The predicted octanol–water partition coefficient (Wildman–Crippen LogP) is 12.6. The van der Waals surface area contributed by atoms with E-state index >= 15 is 0 Å². The summed E-state index contributed by atoms with van der Waals surface area (Å²) >= 11 is 13.3. The Morgan fingerprint density at radius 3 is 1.35 bits per heavy atom. The Hall–Kier alpha value is -3.41. The largest absolute Gasteiger partial charge is 0.494 e. The molecular weight excluding hydrogens is 1310 g/mol. The summed E-state index contributed by atoms with van der Waals surface area (Å²) in [6.45, 7) is 27.7. The summed E-state index contributed by atoms with van der Waals surface area (Å²) in [6, 6.07) is 24.0. The van der Waals surface area contributed by atoms with Gasteiger partial charge < -0.3 is 53.3 Å². The van der Waals surface area contributed by atoms with Crippen molar-refractivity contribution in [2.75, 3.05) is 7.11 Å². The number of carbonyl (C=O) groups is 4. The number of ether oxygens (including phenoxy) is 1. The lowest BCUT2D eigenvalue weighted by molar-refractivity contribution is 0.00578. The number of halogens is 4. The van der Waals surface area contributed by atoms with Gasteiger partial charge in [-0.1, -0.05) is 75.9 Å². The van der Waals surface area contributed by atoms with Gasteiger partial charge in [-0.05, 0) is 217 Å². The number of nitrogens with zero attached hydrogens (tertiary/aromatic N) is 2. The topological polar surface area (TPSA) is 186 Å². The number of carbonyl (C=O) groups excluding carboxylic acids is 3. The summed E-state index contributed by atoms with van der Waals surface area (Å²) in [7, 11) is 0.0648. The summed E-state index contributed by atoms with van der Waals surface area (Å²) in [5, 5.41) is 9.28. The molecule has 0 aromatic heterocycles. The number of rotatable bonds is 7. The van der Waals surface area contributed by atoms with E-state index in [9.17, 15) is 19.2 Å². The highest BCUT2D eigenvalue weighted by molar-refractivity contribution is 9.11. The second-order valence-corrected chi connectivity index (χ2v) is 28.2. The molecule has 0 radical (unpaired) electrons. The zero-order valence-electron chi connectivity index (χ0n) is 49.7. The van der Waals surface area contributed by atoms with Crippen LogP contribution in [0.2, 0.25) is 0 Å². The van der Waals surface area contributed by atoms with Crippen LogP contribution in [0, 0.1) is 6.92 Å². The molecule has 0 unspecified atom stereocenters. The molecule has 15 nitrogen and oxygen atoms in total. The van der Waals surface area contributed by atoms with Gasteiger partial charge in [0.1, 0.15) is 0 Å². The number of amides is 2. The number of nitrogens with two attached hydrogens (primary N) is 1. The van der Waals surface area contributed by atoms with E-state index < -0.39 is 20.0 Å². The summed E-state index contributed by atoms with van der Waals surface area (Å²) < 4.78 is 43.6. The number of esters is 1. The molecule has 3 N–H and O–H groups in total. The number of methoxy groups -OCH3 is 1. The van der Waals surface area contributed by atoms with Crippen LogP contribution >= 0.6 is 63.7 Å². The summed E-state index contributed by atoms with van der Waals surface area (Å²) in [5.74, 6) is -0.787. The summed E-state index contributed by atoms with van der Waals surface area (Å²) in [4.78, 5) is 50.0. The van der Waals surface area contributed by atoms with Gasteiger partial charge in [-0.2, -0.15) is 0 Å². The number of carboxylic acids is 1. The molecule has 5 heterocycles. The van der Waals surface area contributed by atoms with Gasteiger partial charge in [-0.15, -0.1) is 0 Å². The highest BCUT2D eigenvalue weighted by Gasteiger charge is 2.64. The van der Waals surface area contributed by atoms with Crippen molar-refractivity contribution >= 4 is 114 Å². The Morgan fingerprint density at radius 1 is 0.585 bits per heavy atom. The van der Waals surface area contributed by atoms with E-state index in [0.29, 0.717) is 34.6 Å². The molecule has 2 amide bonds. The van der Waals surface area contributed by atoms with Crippen molar-refractivity contribution in [3.8, 4) is 0 Å². The highest BCUT2D eigenvalue weighted by Crippen LogP contribution is 2.44. The molecule has 4 aromatic carbocycles. The molecule has 442 valence electrons. The first-order valence-corrected chi connectivity index (χ1v) is 31.4. The van der Waals surface area contributed by atoms with Crippen molar-refractivity contribution < 1.29 is 56.9 Å². The normalized spacial score (nSPS) is 21.5. The Bertz CT molecular complexity index is 2940. The van der Waals surface area contributed by atoms with Gasteiger partial charge in [0, 0.05) is 61.1 Å². The first-order valence-electron chi connectivity index (χ1n) is 27.9. The molecule has 22 heteroatoms. The van der Waals surface area contributed by atoms with Crippen LogP contribution < -0.4 is 11.2 Å². The number of benzene rings is 4. The third-order valence-electron chi connectivity index (χ3n) is 16.8. The zero-order chi connectivity index (χ0) is 60.7. The van der Waals surface area contributed by atoms with E-state index in [1.807, 2.05) is 102 Å². The van der Waals surface area contributed by atoms with Crippen LogP contribution in [-0.2, 0) is 51.1 Å². The van der Waals surface area contributed by atoms with Gasteiger partial charge in [-0.25, -0.2) is 9.59 Å². The maximum atomic E-state index is 12.4. The van der Waals surface area contributed by atoms with Crippen molar-refractivity contribution in [1.82, 2.24) is 9.80 Å². The molecular formula is C60H78B3Br4N3O12. The lowest BCUT2D eigenvalue weighted by Crippen LogP contribution is -2.41. The van der Waals surface area contributed by atoms with E-state index in [1.54, 1.807) is 31.2 Å². The van der Waals surface area contributed by atoms with Gasteiger partial charge >= 0.3 is 33.1 Å². The van der Waals surface area contributed by atoms with Crippen molar-refractivity contribution in [3.05, 3.63) is 131 Å². The third kappa shape index (κ3) is 15.8. The van der Waals surface area contributed by atoms with Gasteiger partial charge in [0.05, 0.1) is 51.8 Å². The van der Waals surface area contributed by atoms with E-state index in [4.69, 9.17) is 38.8 Å². The van der Waals surface area contributed by atoms with Crippen LogP contribution in [0.1, 0.15) is 185 Å². The van der Waals surface area contributed by atoms with Crippen LogP contribution in [0.5, 0.6) is 0 Å². The first-order chi connectivity index (χ1) is 38.1. The average Bonchev–Trinajstić information content (AvgIpc) is 4.54. The fraction of sp³-hybridized carbons (Fsp3) is 0.533. The minimum atomic E-state index is -0.880. The maximum Gasteiger partial charge on any atom is 0.494 e. The number of carboxylic acid groups (broad SMARTS) is 1. The number of hydrogen-bond acceptors (Lipinski definition) is 12. The van der Waals surface area contributed by atoms with E-state index in [0.717, 1.165) is 78.2 Å². The van der Waals surface area contributed by atoms with Gasteiger partial charge in [0.2, 0.25) is 0 Å². The average molecular weight is 1390 g/mol. The van der Waals surface area contributed by atoms with Crippen LogP contribution in [0.25, 0.3) is 0 Å². The molecule has 12 rings (SSSR count). The predicted molar refractivity (Wildman–Crippen MR) is 335 cm³/mol. The minimum Gasteiger partial charge on any atom is -0.478 e. The monoisotopic (exact) mass is 1380 g/mol. The first kappa shape index (κ1) is 66.1. The van der Waals surface area contributed by atoms with Crippen molar-refractivity contribution in [2.24, 2.45) is 5.73 Å². The zero-order valence-corrected chi connectivity index (χ0v) is 56.0. The Kier molecular flexibility index (Phi) is 20.9. The molecule has 4 aromatic rings. The molecule has 82 heavy (non-hydrogen) atoms. The molecule has 0 spiro atoms. The second kappa shape index (κ2) is 25.9. The number of alkyl halides is 1. The van der Waals surface area contributed by atoms with Crippen LogP contribution in [0.4, 0.5) is 0 Å². The van der Waals surface area contributed by atoms with E-state index in [2.05, 4.69) is 108 Å². The standard InChI is InChI=1S/C17H22BNO3.C12H24B2O4.C11H10BrNO.C9H8Br2O2.C8H7BrO2.C3H7N/c1-16(2)17(3,4)22-18(21-16)12-5-8-14-11(9-12)10-19(15(14)20)13-6-7-13;1-9(2)10(3,4)16-13(15-9)14-17-11(5,6)12(7,8)18-14;12-8-1-4-10-7(5-8)6-13(11(10)14)9-2-3-9;1-13-9(12)8-3-2-7(11)4-6(8)5-10;1-5-4-6(9)2-3-7(5)8(10)11;4-3-1-2-3/h5,8-9,13H,6-7,10H2,1-4H3;1-8H3;1,4-5,9H,2-3,6H2;2-4H,5H2,1H3;2-4H,1H3,(H,10,11);3H,1-2,4H2. The number of aryl methyl sites for hydroxylation is 1. The molecule has 3 aliphatic carbocycles. The Labute approximate surface area is 519 Å². The minimum absolute atomic E-state index is 0.179. The van der Waals surface area contributed by atoms with E-state index in [1.165, 1.54) is 32.8 Å². The van der Waals surface area contributed by atoms with Gasteiger partial charge in [0.25, 0.3) is 11.8 Å². The molecule has 5 aliphatic heterocycles. The van der Waals surface area contributed by atoms with Crippen LogP contribution in [0.3, 0.4) is 0 Å². The number of hydrogen-bond donors (Lipinski definition) is 2. The third-order valence-corrected chi connectivity index (χ3v) is 18.9. The van der Waals surface area contributed by atoms with Crippen molar-refractivity contribution in [3.63, 3.8) is 0 Å². The second-order valence-electron chi connectivity index (χ2n) is 24.9. The molecule has 3 saturated carbocycles. The van der Waals surface area contributed by atoms with Crippen LogP contribution in [0.15, 0.2) is 86.2 Å². The molecule has 3 saturated heterocycles. The van der Waals surface area contributed by atoms with Crippen molar-refractivity contribution in [1.29, 1.82) is 0 Å². The van der Waals surface area contributed by atoms with Gasteiger partial charge in [0.15, 0.2) is 0 Å². The molecule has 8 aliphatic rings. The lowest BCUT2D eigenvalue weighted by Gasteiger charge is -2.32. The fourth-order valence-electron chi connectivity index (χ4n) is 9.11. The Morgan fingerprint density at radius 2 is 0.963 bits per heavy atom. The van der Waals surface area contributed by atoms with Gasteiger partial charge in [-0.3, -0.25) is 9.59 Å². The van der Waals surface area contributed by atoms with Crippen LogP contribution in [-0.4, -0.2) is 119 Å². The smallest absolute Gasteiger partial charge is 0.478 e. The molecule has 6 fully saturated rings. The number of aromatic carboxylic acids is 1. The quantitative estimate of drug-likeness (QED) is 0.101. The molecule has 0 atom stereocenters. The summed E-state index contributed by atoms with van der Waals surface area (Å²) in [5.41, 5.74) is 10.7. The molecule has 0 bridgehead atoms. The maximum absolute atomic E-state index is 12.4. The fourth-order valence-corrected chi connectivity index (χ4v) is 10.9. The summed E-state index contributed by atoms with van der Waals surface area (Å²) in [6.07, 6.45) is 7.18. The van der Waals surface area contributed by atoms with Crippen molar-refractivity contribution in [2.45, 2.75) is 199 Å². The van der Waals surface area contributed by atoms with E-state index in [-0.39, 0.29) is 58.5 Å². The highest BCUT2D eigenvalue weighted by atomic mass is 79.9. The SMILES string of the molecule is CC1(C)OB(B2OC(C)(C)C(C)(C)O2)OC1(C)C.CC1(C)OB(c2ccc3c(c2)CN(C2CC2)C3=O)OC1(C)C.COC(=O)c1ccc(Br)cc1CBr.Cc1cc(Br)ccc1C(=O)O.NC1CC1.O=C1c2ccc(Br)cc2CN1C1CC1.